The zero-order chi connectivity index (χ0) is 16.3. The van der Waals surface area contributed by atoms with E-state index >= 15 is 0 Å². The number of amides is 1. The van der Waals surface area contributed by atoms with E-state index in [0.29, 0.717) is 26.1 Å². The van der Waals surface area contributed by atoms with E-state index in [-0.39, 0.29) is 17.8 Å². The molecule has 122 valence electrons. The molecule has 1 fully saturated rings. The van der Waals surface area contributed by atoms with Crippen LogP contribution in [0.15, 0.2) is 24.3 Å². The molecule has 0 aliphatic carbocycles. The summed E-state index contributed by atoms with van der Waals surface area (Å²) in [7, 11) is 1.91. The normalized spacial score (nSPS) is 22.7. The Hall–Kier alpha value is -1.46. The molecule has 4 nitrogen and oxygen atoms in total. The molecule has 1 unspecified atom stereocenters. The number of likely N-dealkylation sites (tertiary alicyclic amines) is 1. The number of rotatable bonds is 5. The molecule has 0 saturated carbocycles. The monoisotopic (exact) mass is 308 g/mol. The molecule has 2 rings (SSSR count). The van der Waals surface area contributed by atoms with E-state index in [1.165, 1.54) is 12.1 Å². The summed E-state index contributed by atoms with van der Waals surface area (Å²) in [6.45, 7) is 5.44. The van der Waals surface area contributed by atoms with Crippen LogP contribution in [0.2, 0.25) is 0 Å². The van der Waals surface area contributed by atoms with Crippen LogP contribution < -0.4 is 0 Å². The quantitative estimate of drug-likeness (QED) is 0.905. The molecule has 1 heterocycles. The number of likely N-dealkylation sites (N-methyl/N-ethyl adjacent to an activating group) is 1. The highest BCUT2D eigenvalue weighted by molar-refractivity contribution is 5.86. The van der Waals surface area contributed by atoms with Crippen molar-refractivity contribution in [3.8, 4) is 0 Å². The highest BCUT2D eigenvalue weighted by Crippen LogP contribution is 2.25. The third kappa shape index (κ3) is 3.84. The Morgan fingerprint density at radius 2 is 2.00 bits per heavy atom. The third-order valence-electron chi connectivity index (χ3n) is 4.38. The predicted molar refractivity (Wildman–Crippen MR) is 83.8 cm³/mol. The first-order valence-electron chi connectivity index (χ1n) is 7.78. The van der Waals surface area contributed by atoms with Gasteiger partial charge in [0.15, 0.2) is 5.60 Å². The standard InChI is InChI=1S/C17H25FN2O2/c1-13(2)19(3)12-17(22)9-4-10-20(16(17)21)11-14-5-7-15(18)8-6-14/h5-8,13,22H,4,9-12H2,1-3H3. The van der Waals surface area contributed by atoms with Crippen molar-refractivity contribution in [2.75, 3.05) is 20.1 Å². The Labute approximate surface area is 131 Å². The van der Waals surface area contributed by atoms with Crippen molar-refractivity contribution < 1.29 is 14.3 Å². The van der Waals surface area contributed by atoms with Gasteiger partial charge in [0.05, 0.1) is 0 Å². The zero-order valence-corrected chi connectivity index (χ0v) is 13.6. The first-order chi connectivity index (χ1) is 10.3. The van der Waals surface area contributed by atoms with Gasteiger partial charge in [-0.15, -0.1) is 0 Å². The molecule has 1 atom stereocenters. The Morgan fingerprint density at radius 1 is 1.36 bits per heavy atom. The third-order valence-corrected chi connectivity index (χ3v) is 4.38. The Balaban J connectivity index is 2.07. The lowest BCUT2D eigenvalue weighted by Gasteiger charge is -2.41. The minimum absolute atomic E-state index is 0.226. The Morgan fingerprint density at radius 3 is 2.59 bits per heavy atom. The summed E-state index contributed by atoms with van der Waals surface area (Å²) in [5.41, 5.74) is -0.451. The fourth-order valence-electron chi connectivity index (χ4n) is 2.77. The Bertz CT molecular complexity index is 518. The van der Waals surface area contributed by atoms with Crippen molar-refractivity contribution in [2.45, 2.75) is 44.9 Å². The van der Waals surface area contributed by atoms with E-state index in [4.69, 9.17) is 0 Å². The molecule has 1 N–H and O–H groups in total. The lowest BCUT2D eigenvalue weighted by molar-refractivity contribution is -0.160. The van der Waals surface area contributed by atoms with Gasteiger partial charge in [0, 0.05) is 25.7 Å². The van der Waals surface area contributed by atoms with Crippen LogP contribution >= 0.6 is 0 Å². The van der Waals surface area contributed by atoms with E-state index in [0.717, 1.165) is 12.0 Å². The molecule has 0 radical (unpaired) electrons. The zero-order valence-electron chi connectivity index (χ0n) is 13.6. The van der Waals surface area contributed by atoms with Crippen LogP contribution in [0.1, 0.15) is 32.3 Å². The summed E-state index contributed by atoms with van der Waals surface area (Å²) in [4.78, 5) is 16.3. The molecule has 0 aromatic heterocycles. The van der Waals surface area contributed by atoms with Gasteiger partial charge in [-0.3, -0.25) is 4.79 Å². The van der Waals surface area contributed by atoms with Gasteiger partial charge >= 0.3 is 0 Å². The number of carbonyl (C=O) groups excluding carboxylic acids is 1. The average Bonchev–Trinajstić information content (AvgIpc) is 2.46. The fraction of sp³-hybridized carbons (Fsp3) is 0.588. The maximum Gasteiger partial charge on any atom is 0.256 e. The van der Waals surface area contributed by atoms with Crippen LogP contribution in [0, 0.1) is 5.82 Å². The van der Waals surface area contributed by atoms with Gasteiger partial charge in [-0.05, 0) is 51.4 Å². The second kappa shape index (κ2) is 6.75. The van der Waals surface area contributed by atoms with Crippen LogP contribution in [0.4, 0.5) is 4.39 Å². The largest absolute Gasteiger partial charge is 0.379 e. The van der Waals surface area contributed by atoms with Gasteiger partial charge in [-0.25, -0.2) is 4.39 Å². The van der Waals surface area contributed by atoms with Gasteiger partial charge in [-0.2, -0.15) is 0 Å². The summed E-state index contributed by atoms with van der Waals surface area (Å²) < 4.78 is 13.0. The molecule has 1 saturated heterocycles. The van der Waals surface area contributed by atoms with Gasteiger partial charge in [0.25, 0.3) is 5.91 Å². The topological polar surface area (TPSA) is 43.8 Å². The number of hydrogen-bond acceptors (Lipinski definition) is 3. The number of hydrogen-bond donors (Lipinski definition) is 1. The number of piperidine rings is 1. The average molecular weight is 308 g/mol. The summed E-state index contributed by atoms with van der Waals surface area (Å²) in [6, 6.07) is 6.40. The molecular weight excluding hydrogens is 283 g/mol. The van der Waals surface area contributed by atoms with E-state index in [9.17, 15) is 14.3 Å². The SMILES string of the molecule is CC(C)N(C)CC1(O)CCCN(Cc2ccc(F)cc2)C1=O. The van der Waals surface area contributed by atoms with E-state index in [1.807, 2.05) is 25.8 Å². The predicted octanol–water partition coefficient (Wildman–Crippen LogP) is 2.02. The second-order valence-electron chi connectivity index (χ2n) is 6.50. The van der Waals surface area contributed by atoms with Crippen LogP contribution in [-0.4, -0.2) is 52.6 Å². The number of halogens is 1. The number of benzene rings is 1. The first-order valence-corrected chi connectivity index (χ1v) is 7.78. The van der Waals surface area contributed by atoms with Gasteiger partial charge in [-0.1, -0.05) is 12.1 Å². The highest BCUT2D eigenvalue weighted by atomic mass is 19.1. The molecule has 0 spiro atoms. The fourth-order valence-corrected chi connectivity index (χ4v) is 2.77. The summed E-state index contributed by atoms with van der Waals surface area (Å²) in [6.07, 6.45) is 1.26. The first kappa shape index (κ1) is 16.9. The van der Waals surface area contributed by atoms with Crippen molar-refractivity contribution >= 4 is 5.91 Å². The lowest BCUT2D eigenvalue weighted by atomic mass is 9.90. The van der Waals surface area contributed by atoms with Crippen molar-refractivity contribution in [1.82, 2.24) is 9.80 Å². The minimum atomic E-state index is -1.32. The molecular formula is C17H25FN2O2. The van der Waals surface area contributed by atoms with Gasteiger partial charge in [0.1, 0.15) is 5.82 Å². The highest BCUT2D eigenvalue weighted by Gasteiger charge is 2.43. The molecule has 0 bridgehead atoms. The van der Waals surface area contributed by atoms with E-state index < -0.39 is 5.60 Å². The van der Waals surface area contributed by atoms with Crippen molar-refractivity contribution in [3.05, 3.63) is 35.6 Å². The maximum absolute atomic E-state index is 13.0. The van der Waals surface area contributed by atoms with Crippen LogP contribution in [0.5, 0.6) is 0 Å². The van der Waals surface area contributed by atoms with Gasteiger partial charge in [0.2, 0.25) is 0 Å². The van der Waals surface area contributed by atoms with Gasteiger partial charge < -0.3 is 14.9 Å². The molecule has 1 aromatic carbocycles. The minimum Gasteiger partial charge on any atom is -0.379 e. The Kier molecular flexibility index (Phi) is 5.19. The molecule has 1 aliphatic heterocycles. The van der Waals surface area contributed by atoms with Crippen LogP contribution in [-0.2, 0) is 11.3 Å². The number of nitrogens with zero attached hydrogens (tertiary/aromatic N) is 2. The molecule has 1 amide bonds. The van der Waals surface area contributed by atoms with Crippen molar-refractivity contribution in [1.29, 1.82) is 0 Å². The molecule has 1 aliphatic rings. The molecule has 5 heteroatoms. The van der Waals surface area contributed by atoms with Crippen molar-refractivity contribution in [2.24, 2.45) is 0 Å². The lowest BCUT2D eigenvalue weighted by Crippen LogP contribution is -2.58. The number of carbonyl (C=O) groups is 1. The van der Waals surface area contributed by atoms with Crippen molar-refractivity contribution in [3.63, 3.8) is 0 Å². The van der Waals surface area contributed by atoms with E-state index in [2.05, 4.69) is 0 Å². The van der Waals surface area contributed by atoms with Crippen LogP contribution in [0.25, 0.3) is 0 Å². The molecule has 1 aromatic rings. The molecule has 22 heavy (non-hydrogen) atoms. The second-order valence-corrected chi connectivity index (χ2v) is 6.50. The number of aliphatic hydroxyl groups is 1. The maximum atomic E-state index is 13.0. The summed E-state index contributed by atoms with van der Waals surface area (Å²) in [5, 5.41) is 10.8. The van der Waals surface area contributed by atoms with E-state index in [1.54, 1.807) is 17.0 Å². The summed E-state index contributed by atoms with van der Waals surface area (Å²) in [5.74, 6) is -0.514. The summed E-state index contributed by atoms with van der Waals surface area (Å²) >= 11 is 0. The van der Waals surface area contributed by atoms with Crippen LogP contribution in [0.3, 0.4) is 0 Å². The smallest absolute Gasteiger partial charge is 0.256 e.